The molecule has 22 heavy (non-hydrogen) atoms. The molecule has 0 aliphatic carbocycles. The number of thiazole rings is 1. The molecule has 2 aliphatic heterocycles. The summed E-state index contributed by atoms with van der Waals surface area (Å²) >= 11 is 1.64. The number of amides is 1. The van der Waals surface area contributed by atoms with E-state index in [-0.39, 0.29) is 24.2 Å². The average molecular weight is 326 g/mol. The second kappa shape index (κ2) is 6.62. The molecular weight excluding hydrogens is 304 g/mol. The number of aromatic nitrogens is 1. The first-order valence-electron chi connectivity index (χ1n) is 7.53. The van der Waals surface area contributed by atoms with Crippen LogP contribution in [0, 0.1) is 6.92 Å². The van der Waals surface area contributed by atoms with Gasteiger partial charge in [0, 0.05) is 25.5 Å². The summed E-state index contributed by atoms with van der Waals surface area (Å²) in [5.41, 5.74) is 0.776. The summed E-state index contributed by atoms with van der Waals surface area (Å²) in [5.74, 6) is 0.0257. The van der Waals surface area contributed by atoms with Crippen LogP contribution in [0.3, 0.4) is 0 Å². The highest BCUT2D eigenvalue weighted by molar-refractivity contribution is 7.09. The number of ether oxygens (including phenoxy) is 3. The first-order chi connectivity index (χ1) is 10.6. The summed E-state index contributed by atoms with van der Waals surface area (Å²) in [6.45, 7) is 4.66. The number of rotatable bonds is 5. The zero-order valence-electron chi connectivity index (χ0n) is 13.0. The topological polar surface area (TPSA) is 60.9 Å². The van der Waals surface area contributed by atoms with Gasteiger partial charge >= 0.3 is 0 Å². The molecule has 1 atom stereocenters. The number of hydrogen-bond donors (Lipinski definition) is 0. The van der Waals surface area contributed by atoms with Crippen molar-refractivity contribution in [2.75, 3.05) is 33.4 Å². The summed E-state index contributed by atoms with van der Waals surface area (Å²) in [5, 5.41) is 3.10. The minimum Gasteiger partial charge on any atom is -0.375 e. The number of likely N-dealkylation sites (tertiary alicyclic amines) is 1. The smallest absolute Gasteiger partial charge is 0.248 e. The fraction of sp³-hybridized carbons (Fsp3) is 0.733. The first-order valence-corrected chi connectivity index (χ1v) is 8.41. The van der Waals surface area contributed by atoms with E-state index in [1.54, 1.807) is 16.2 Å². The van der Waals surface area contributed by atoms with Gasteiger partial charge in [-0.05, 0) is 13.3 Å². The highest BCUT2D eigenvalue weighted by Crippen LogP contribution is 2.35. The van der Waals surface area contributed by atoms with Crippen LogP contribution in [0.15, 0.2) is 5.38 Å². The Bertz CT molecular complexity index is 527. The summed E-state index contributed by atoms with van der Waals surface area (Å²) < 4.78 is 16.8. The van der Waals surface area contributed by atoms with Crippen LogP contribution in [0.2, 0.25) is 0 Å². The van der Waals surface area contributed by atoms with Crippen LogP contribution in [0.4, 0.5) is 0 Å². The molecule has 1 aromatic rings. The minimum atomic E-state index is -0.218. The standard InChI is InChI=1S/C15H22N2O4S/c1-11-16-12(8-22-11)6-20-13-3-4-21-15(5-13)9-17(10-15)14(18)7-19-2/h8,13H,3-7,9-10H2,1-2H3/t13-/m1/s1. The van der Waals surface area contributed by atoms with E-state index in [1.807, 2.05) is 12.3 Å². The Labute approximate surface area is 134 Å². The minimum absolute atomic E-state index is 0.0257. The van der Waals surface area contributed by atoms with Gasteiger partial charge in [0.15, 0.2) is 0 Å². The lowest BCUT2D eigenvalue weighted by Gasteiger charge is -2.52. The van der Waals surface area contributed by atoms with Crippen LogP contribution >= 0.6 is 11.3 Å². The largest absolute Gasteiger partial charge is 0.375 e. The van der Waals surface area contributed by atoms with Crippen molar-refractivity contribution in [1.82, 2.24) is 9.88 Å². The van der Waals surface area contributed by atoms with Gasteiger partial charge < -0.3 is 19.1 Å². The molecule has 0 aromatic carbocycles. The third-order valence-electron chi connectivity index (χ3n) is 4.16. The van der Waals surface area contributed by atoms with Crippen molar-refractivity contribution < 1.29 is 19.0 Å². The summed E-state index contributed by atoms with van der Waals surface area (Å²) in [6, 6.07) is 0. The fourth-order valence-electron chi connectivity index (χ4n) is 3.06. The van der Waals surface area contributed by atoms with Crippen LogP contribution in [-0.2, 0) is 25.6 Å². The number of nitrogens with zero attached hydrogens (tertiary/aromatic N) is 2. The SMILES string of the molecule is COCC(=O)N1CC2(C[C@H](OCc3csc(C)n3)CCO2)C1. The van der Waals surface area contributed by atoms with Crippen molar-refractivity contribution in [3.05, 3.63) is 16.1 Å². The quantitative estimate of drug-likeness (QED) is 0.818. The molecule has 3 rings (SSSR count). The Morgan fingerprint density at radius 2 is 2.41 bits per heavy atom. The van der Waals surface area contributed by atoms with Gasteiger partial charge in [0.2, 0.25) is 5.91 Å². The number of aryl methyl sites for hydroxylation is 1. The molecule has 0 saturated carbocycles. The van der Waals surface area contributed by atoms with Gasteiger partial charge in [-0.1, -0.05) is 0 Å². The molecule has 0 unspecified atom stereocenters. The normalized spacial score (nSPS) is 23.5. The molecular formula is C15H22N2O4S. The van der Waals surface area contributed by atoms with E-state index in [4.69, 9.17) is 14.2 Å². The number of carbonyl (C=O) groups excluding carboxylic acids is 1. The molecule has 0 radical (unpaired) electrons. The van der Waals surface area contributed by atoms with Gasteiger partial charge in [-0.2, -0.15) is 0 Å². The van der Waals surface area contributed by atoms with Gasteiger partial charge in [-0.15, -0.1) is 11.3 Å². The summed E-state index contributed by atoms with van der Waals surface area (Å²) in [7, 11) is 1.54. The van der Waals surface area contributed by atoms with E-state index >= 15 is 0 Å². The Kier molecular flexibility index (Phi) is 4.77. The number of methoxy groups -OCH3 is 1. The molecule has 1 amide bonds. The lowest BCUT2D eigenvalue weighted by Crippen LogP contribution is -2.67. The molecule has 2 fully saturated rings. The van der Waals surface area contributed by atoms with Crippen molar-refractivity contribution in [3.63, 3.8) is 0 Å². The lowest BCUT2D eigenvalue weighted by atomic mass is 9.84. The second-order valence-electron chi connectivity index (χ2n) is 6.00. The maximum Gasteiger partial charge on any atom is 0.248 e. The van der Waals surface area contributed by atoms with Crippen molar-refractivity contribution in [2.24, 2.45) is 0 Å². The van der Waals surface area contributed by atoms with Crippen LogP contribution in [0.5, 0.6) is 0 Å². The van der Waals surface area contributed by atoms with Gasteiger partial charge in [-0.25, -0.2) is 4.98 Å². The predicted molar refractivity (Wildman–Crippen MR) is 81.8 cm³/mol. The van der Waals surface area contributed by atoms with Gasteiger partial charge in [0.25, 0.3) is 0 Å². The summed E-state index contributed by atoms with van der Waals surface area (Å²) in [4.78, 5) is 18.0. The molecule has 3 heterocycles. The van der Waals surface area contributed by atoms with E-state index in [0.29, 0.717) is 26.3 Å². The molecule has 2 aliphatic rings. The monoisotopic (exact) mass is 326 g/mol. The Morgan fingerprint density at radius 3 is 3.09 bits per heavy atom. The van der Waals surface area contributed by atoms with E-state index in [2.05, 4.69) is 4.98 Å². The van der Waals surface area contributed by atoms with Gasteiger partial charge in [0.1, 0.15) is 12.2 Å². The Morgan fingerprint density at radius 1 is 1.59 bits per heavy atom. The zero-order valence-corrected chi connectivity index (χ0v) is 13.9. The molecule has 0 bridgehead atoms. The van der Waals surface area contributed by atoms with Crippen LogP contribution in [0.1, 0.15) is 23.5 Å². The maximum atomic E-state index is 11.8. The van der Waals surface area contributed by atoms with Gasteiger partial charge in [-0.3, -0.25) is 4.79 Å². The second-order valence-corrected chi connectivity index (χ2v) is 7.06. The van der Waals surface area contributed by atoms with Crippen molar-refractivity contribution in [2.45, 2.75) is 38.1 Å². The average Bonchev–Trinajstić information content (AvgIpc) is 2.89. The predicted octanol–water partition coefficient (Wildman–Crippen LogP) is 1.37. The zero-order chi connectivity index (χ0) is 15.6. The lowest BCUT2D eigenvalue weighted by molar-refractivity contribution is -0.204. The fourth-order valence-corrected chi connectivity index (χ4v) is 3.66. The first kappa shape index (κ1) is 15.9. The Balaban J connectivity index is 1.47. The number of carbonyl (C=O) groups is 1. The third-order valence-corrected chi connectivity index (χ3v) is 4.98. The van der Waals surface area contributed by atoms with Gasteiger partial charge in [0.05, 0.1) is 36.5 Å². The molecule has 1 spiro atoms. The molecule has 0 N–H and O–H groups in total. The van der Waals surface area contributed by atoms with Crippen LogP contribution < -0.4 is 0 Å². The highest BCUT2D eigenvalue weighted by atomic mass is 32.1. The van der Waals surface area contributed by atoms with E-state index < -0.39 is 0 Å². The highest BCUT2D eigenvalue weighted by Gasteiger charge is 2.49. The summed E-state index contributed by atoms with van der Waals surface area (Å²) in [6.07, 6.45) is 1.92. The van der Waals surface area contributed by atoms with Crippen molar-refractivity contribution in [3.8, 4) is 0 Å². The Hall–Kier alpha value is -1.02. The van der Waals surface area contributed by atoms with E-state index in [0.717, 1.165) is 23.5 Å². The third kappa shape index (κ3) is 3.48. The molecule has 6 nitrogen and oxygen atoms in total. The molecule has 7 heteroatoms. The van der Waals surface area contributed by atoms with Crippen LogP contribution in [0.25, 0.3) is 0 Å². The molecule has 2 saturated heterocycles. The van der Waals surface area contributed by atoms with Crippen molar-refractivity contribution in [1.29, 1.82) is 0 Å². The maximum absolute atomic E-state index is 11.8. The molecule has 122 valence electrons. The van der Waals surface area contributed by atoms with Crippen molar-refractivity contribution >= 4 is 17.2 Å². The van der Waals surface area contributed by atoms with Crippen LogP contribution in [-0.4, -0.2) is 60.9 Å². The van der Waals surface area contributed by atoms with E-state index in [9.17, 15) is 4.79 Å². The number of hydrogen-bond acceptors (Lipinski definition) is 6. The molecule has 1 aromatic heterocycles. The van der Waals surface area contributed by atoms with E-state index in [1.165, 1.54) is 7.11 Å².